The summed E-state index contributed by atoms with van der Waals surface area (Å²) in [6.07, 6.45) is -1.40. The van der Waals surface area contributed by atoms with Gasteiger partial charge in [-0.2, -0.15) is 13.2 Å². The highest BCUT2D eigenvalue weighted by atomic mass is 19.4. The second-order valence-corrected chi connectivity index (χ2v) is 6.54. The van der Waals surface area contributed by atoms with E-state index in [4.69, 9.17) is 0 Å². The average Bonchev–Trinajstić information content (AvgIpc) is 2.93. The topological polar surface area (TPSA) is 23.6 Å². The number of rotatable bonds is 3. The molecule has 2 aliphatic heterocycles. The number of likely N-dealkylation sites (tertiary alicyclic amines) is 2. The zero-order chi connectivity index (χ0) is 17.3. The number of hydrogen-bond donors (Lipinski definition) is 0. The molecule has 132 valence electrons. The zero-order valence-electron chi connectivity index (χ0n) is 13.3. The molecule has 2 heterocycles. The Morgan fingerprint density at radius 1 is 1.08 bits per heavy atom. The van der Waals surface area contributed by atoms with Gasteiger partial charge in [0.15, 0.2) is 0 Å². The van der Waals surface area contributed by atoms with Gasteiger partial charge in [-0.15, -0.1) is 0 Å². The van der Waals surface area contributed by atoms with Gasteiger partial charge in [0.05, 0.1) is 5.56 Å². The van der Waals surface area contributed by atoms with Crippen molar-refractivity contribution in [2.24, 2.45) is 0 Å². The van der Waals surface area contributed by atoms with Gasteiger partial charge in [-0.1, -0.05) is 0 Å². The number of carbonyl (C=O) groups excluding carboxylic acids is 1. The van der Waals surface area contributed by atoms with Gasteiger partial charge >= 0.3 is 6.18 Å². The van der Waals surface area contributed by atoms with E-state index in [1.807, 2.05) is 9.80 Å². The van der Waals surface area contributed by atoms with Crippen LogP contribution in [0.4, 0.5) is 17.6 Å². The van der Waals surface area contributed by atoms with Crippen LogP contribution in [0, 0.1) is 5.82 Å². The van der Waals surface area contributed by atoms with E-state index in [0.717, 1.165) is 37.9 Å². The standard InChI is InChI=1S/C17H20F4N2O/c18-14-9-12(8-13(10-14)17(19,20)21)11-22-6-3-15(4-7-22)23-5-1-2-16(23)24/h8-10,15H,1-7,11H2. The SMILES string of the molecule is O=C1CCCN1C1CCN(Cc2cc(F)cc(C(F)(F)F)c2)CC1. The van der Waals surface area contributed by atoms with E-state index >= 15 is 0 Å². The molecule has 0 spiro atoms. The fourth-order valence-corrected chi connectivity index (χ4v) is 3.61. The molecular weight excluding hydrogens is 324 g/mol. The molecule has 0 radical (unpaired) electrons. The number of nitrogens with zero attached hydrogens (tertiary/aromatic N) is 2. The molecule has 1 amide bonds. The molecule has 7 heteroatoms. The third-order valence-corrected chi connectivity index (χ3v) is 4.80. The highest BCUT2D eigenvalue weighted by Gasteiger charge is 2.32. The van der Waals surface area contributed by atoms with Crippen LogP contribution in [-0.4, -0.2) is 41.4 Å². The van der Waals surface area contributed by atoms with Crippen molar-refractivity contribution >= 4 is 5.91 Å². The first-order valence-electron chi connectivity index (χ1n) is 8.21. The number of hydrogen-bond acceptors (Lipinski definition) is 2. The Morgan fingerprint density at radius 2 is 1.79 bits per heavy atom. The maximum absolute atomic E-state index is 13.5. The van der Waals surface area contributed by atoms with E-state index in [0.29, 0.717) is 37.7 Å². The van der Waals surface area contributed by atoms with E-state index in [-0.39, 0.29) is 11.9 Å². The molecule has 0 bridgehead atoms. The van der Waals surface area contributed by atoms with Crippen LogP contribution in [0.5, 0.6) is 0 Å². The second-order valence-electron chi connectivity index (χ2n) is 6.54. The van der Waals surface area contributed by atoms with E-state index in [9.17, 15) is 22.4 Å². The Balaban J connectivity index is 1.60. The van der Waals surface area contributed by atoms with Crippen molar-refractivity contribution < 1.29 is 22.4 Å². The molecule has 0 atom stereocenters. The van der Waals surface area contributed by atoms with Crippen molar-refractivity contribution in [1.29, 1.82) is 0 Å². The Labute approximate surface area is 138 Å². The molecule has 2 aliphatic rings. The predicted octanol–water partition coefficient (Wildman–Crippen LogP) is 3.43. The van der Waals surface area contributed by atoms with Crippen LogP contribution < -0.4 is 0 Å². The lowest BCUT2D eigenvalue weighted by Gasteiger charge is -2.36. The fraction of sp³-hybridized carbons (Fsp3) is 0.588. The third kappa shape index (κ3) is 3.88. The van der Waals surface area contributed by atoms with Crippen molar-refractivity contribution in [1.82, 2.24) is 9.80 Å². The summed E-state index contributed by atoms with van der Waals surface area (Å²) < 4.78 is 51.8. The second kappa shape index (κ2) is 6.70. The van der Waals surface area contributed by atoms with Gasteiger partial charge in [0.2, 0.25) is 5.91 Å². The van der Waals surface area contributed by atoms with Crippen LogP contribution in [-0.2, 0) is 17.5 Å². The Hall–Kier alpha value is -1.63. The number of benzene rings is 1. The minimum atomic E-state index is -4.54. The smallest absolute Gasteiger partial charge is 0.340 e. The number of halogens is 4. The molecular formula is C17H20F4N2O. The molecule has 1 aromatic rings. The molecule has 0 unspecified atom stereocenters. The molecule has 0 saturated carbocycles. The highest BCUT2D eigenvalue weighted by Crippen LogP contribution is 2.31. The summed E-state index contributed by atoms with van der Waals surface area (Å²) in [5.41, 5.74) is -0.618. The average molecular weight is 344 g/mol. The number of amides is 1. The van der Waals surface area contributed by atoms with E-state index in [2.05, 4.69) is 0 Å². The molecule has 3 nitrogen and oxygen atoms in total. The van der Waals surface area contributed by atoms with Crippen LogP contribution >= 0.6 is 0 Å². The highest BCUT2D eigenvalue weighted by molar-refractivity contribution is 5.78. The minimum absolute atomic E-state index is 0.202. The number of carbonyl (C=O) groups is 1. The van der Waals surface area contributed by atoms with Gasteiger partial charge in [0.25, 0.3) is 0 Å². The summed E-state index contributed by atoms with van der Waals surface area (Å²) in [4.78, 5) is 15.7. The number of alkyl halides is 3. The van der Waals surface area contributed by atoms with Crippen molar-refractivity contribution in [2.45, 2.75) is 44.4 Å². The lowest BCUT2D eigenvalue weighted by molar-refractivity contribution is -0.137. The monoisotopic (exact) mass is 344 g/mol. The zero-order valence-corrected chi connectivity index (χ0v) is 13.3. The largest absolute Gasteiger partial charge is 0.416 e. The van der Waals surface area contributed by atoms with Gasteiger partial charge in [-0.25, -0.2) is 4.39 Å². The summed E-state index contributed by atoms with van der Waals surface area (Å²) in [5, 5.41) is 0. The molecule has 3 rings (SSSR count). The van der Waals surface area contributed by atoms with Crippen molar-refractivity contribution in [3.8, 4) is 0 Å². The third-order valence-electron chi connectivity index (χ3n) is 4.80. The van der Waals surface area contributed by atoms with Crippen LogP contribution in [0.15, 0.2) is 18.2 Å². The van der Waals surface area contributed by atoms with E-state index in [1.54, 1.807) is 0 Å². The summed E-state index contributed by atoms with van der Waals surface area (Å²) in [6.45, 7) is 2.50. The molecule has 0 aliphatic carbocycles. The predicted molar refractivity (Wildman–Crippen MR) is 80.6 cm³/mol. The summed E-state index contributed by atoms with van der Waals surface area (Å²) in [5.74, 6) is -0.661. The van der Waals surface area contributed by atoms with E-state index < -0.39 is 17.6 Å². The van der Waals surface area contributed by atoms with Crippen LogP contribution in [0.25, 0.3) is 0 Å². The van der Waals surface area contributed by atoms with Gasteiger partial charge in [0, 0.05) is 38.6 Å². The lowest BCUT2D eigenvalue weighted by Crippen LogP contribution is -2.45. The van der Waals surface area contributed by atoms with E-state index in [1.165, 1.54) is 0 Å². The first kappa shape index (κ1) is 17.2. The Kier molecular flexibility index (Phi) is 4.80. The van der Waals surface area contributed by atoms with Crippen LogP contribution in [0.2, 0.25) is 0 Å². The van der Waals surface area contributed by atoms with Crippen LogP contribution in [0.1, 0.15) is 36.8 Å². The maximum atomic E-state index is 13.5. The Bertz CT molecular complexity index is 609. The summed E-state index contributed by atoms with van der Waals surface area (Å²) in [7, 11) is 0. The maximum Gasteiger partial charge on any atom is 0.416 e. The molecule has 0 N–H and O–H groups in total. The molecule has 1 aromatic carbocycles. The first-order valence-corrected chi connectivity index (χ1v) is 8.21. The van der Waals surface area contributed by atoms with Gasteiger partial charge in [-0.3, -0.25) is 9.69 Å². The van der Waals surface area contributed by atoms with Gasteiger partial charge < -0.3 is 4.90 Å². The molecule has 2 saturated heterocycles. The molecule has 0 aromatic heterocycles. The molecule has 2 fully saturated rings. The van der Waals surface area contributed by atoms with Gasteiger partial charge in [0.1, 0.15) is 5.82 Å². The Morgan fingerprint density at radius 3 is 2.38 bits per heavy atom. The first-order chi connectivity index (χ1) is 11.3. The van der Waals surface area contributed by atoms with Gasteiger partial charge in [-0.05, 0) is 43.0 Å². The van der Waals surface area contributed by atoms with Crippen molar-refractivity contribution in [3.63, 3.8) is 0 Å². The van der Waals surface area contributed by atoms with Crippen LogP contribution in [0.3, 0.4) is 0 Å². The summed E-state index contributed by atoms with van der Waals surface area (Å²) >= 11 is 0. The lowest BCUT2D eigenvalue weighted by atomic mass is 10.0. The summed E-state index contributed by atoms with van der Waals surface area (Å²) in [6, 6.07) is 2.92. The molecule has 24 heavy (non-hydrogen) atoms. The number of piperidine rings is 1. The fourth-order valence-electron chi connectivity index (χ4n) is 3.61. The van der Waals surface area contributed by atoms with Crippen molar-refractivity contribution in [3.05, 3.63) is 35.1 Å². The normalized spacial score (nSPS) is 20.8. The minimum Gasteiger partial charge on any atom is -0.340 e. The quantitative estimate of drug-likeness (QED) is 0.785. The van der Waals surface area contributed by atoms with Crippen molar-refractivity contribution in [2.75, 3.05) is 19.6 Å².